The minimum atomic E-state index is -0.783. The number of carbonyl (C=O) groups is 2. The molecule has 0 heterocycles. The van der Waals surface area contributed by atoms with Gasteiger partial charge in [0.25, 0.3) is 5.91 Å². The Balaban J connectivity index is 0.00000420. The zero-order valence-corrected chi connectivity index (χ0v) is 18.2. The first-order valence-corrected chi connectivity index (χ1v) is 9.22. The number of methoxy groups -OCH3 is 1. The highest BCUT2D eigenvalue weighted by Crippen LogP contribution is 2.20. The molecule has 158 valence electrons. The summed E-state index contributed by atoms with van der Waals surface area (Å²) < 4.78 is 5.12. The molecule has 0 fully saturated rings. The van der Waals surface area contributed by atoms with Crippen LogP contribution in [0.1, 0.15) is 35.8 Å². The molecule has 0 aliphatic heterocycles. The minimum absolute atomic E-state index is 0. The monoisotopic (exact) mass is 419 g/mol. The lowest BCUT2D eigenvalue weighted by molar-refractivity contribution is -0.133. The van der Waals surface area contributed by atoms with Gasteiger partial charge in [0.15, 0.2) is 0 Å². The van der Waals surface area contributed by atoms with E-state index < -0.39 is 6.04 Å². The maximum absolute atomic E-state index is 13.2. The van der Waals surface area contributed by atoms with Crippen molar-refractivity contribution >= 4 is 24.2 Å². The van der Waals surface area contributed by atoms with Crippen molar-refractivity contribution < 1.29 is 14.3 Å². The number of hydrogen-bond acceptors (Lipinski definition) is 4. The van der Waals surface area contributed by atoms with Gasteiger partial charge >= 0.3 is 0 Å². The number of nitrogens with one attached hydrogen (secondary N) is 1. The number of nitrogens with zero attached hydrogens (tertiary/aromatic N) is 1. The van der Waals surface area contributed by atoms with Gasteiger partial charge in [0, 0.05) is 19.2 Å². The first-order valence-electron chi connectivity index (χ1n) is 9.22. The molecule has 29 heavy (non-hydrogen) atoms. The van der Waals surface area contributed by atoms with E-state index in [4.69, 9.17) is 10.5 Å². The van der Waals surface area contributed by atoms with Crippen molar-refractivity contribution in [3.63, 3.8) is 0 Å². The third kappa shape index (κ3) is 6.76. The van der Waals surface area contributed by atoms with Crippen LogP contribution in [0.5, 0.6) is 5.75 Å². The summed E-state index contributed by atoms with van der Waals surface area (Å²) in [6.07, 6.45) is 0. The number of benzene rings is 2. The summed E-state index contributed by atoms with van der Waals surface area (Å²) in [5.41, 5.74) is 6.77. The van der Waals surface area contributed by atoms with E-state index in [-0.39, 0.29) is 29.6 Å². The summed E-state index contributed by atoms with van der Waals surface area (Å²) in [7, 11) is 3.30. The van der Waals surface area contributed by atoms with Crippen molar-refractivity contribution in [3.05, 3.63) is 65.7 Å². The second kappa shape index (κ2) is 10.8. The topological polar surface area (TPSA) is 84.7 Å². The van der Waals surface area contributed by atoms with E-state index in [1.54, 1.807) is 43.3 Å². The molecule has 1 atom stereocenters. The maximum Gasteiger partial charge on any atom is 0.252 e. The SMILES string of the molecule is COc1ccc(C(=O)NC(C(=O)N(C)CC(C)(C)CN)c2ccccc2)cc1.Cl. The van der Waals surface area contributed by atoms with Crippen LogP contribution in [0.3, 0.4) is 0 Å². The van der Waals surface area contributed by atoms with Crippen molar-refractivity contribution in [1.82, 2.24) is 10.2 Å². The number of nitrogens with two attached hydrogens (primary N) is 1. The molecular formula is C22H30ClN3O3. The Morgan fingerprint density at radius 3 is 2.21 bits per heavy atom. The molecule has 7 heteroatoms. The van der Waals surface area contributed by atoms with E-state index >= 15 is 0 Å². The largest absolute Gasteiger partial charge is 0.497 e. The van der Waals surface area contributed by atoms with Gasteiger partial charge in [-0.2, -0.15) is 0 Å². The third-order valence-electron chi connectivity index (χ3n) is 4.60. The summed E-state index contributed by atoms with van der Waals surface area (Å²) in [5, 5.41) is 2.87. The van der Waals surface area contributed by atoms with Crippen LogP contribution in [0, 0.1) is 5.41 Å². The van der Waals surface area contributed by atoms with E-state index in [2.05, 4.69) is 5.32 Å². The highest BCUT2D eigenvalue weighted by Gasteiger charge is 2.29. The molecule has 0 aliphatic rings. The quantitative estimate of drug-likeness (QED) is 0.688. The molecule has 0 bridgehead atoms. The van der Waals surface area contributed by atoms with Gasteiger partial charge in [0.05, 0.1) is 7.11 Å². The molecule has 2 aromatic carbocycles. The van der Waals surface area contributed by atoms with Crippen molar-refractivity contribution in [3.8, 4) is 5.75 Å². The van der Waals surface area contributed by atoms with Crippen LogP contribution < -0.4 is 15.8 Å². The summed E-state index contributed by atoms with van der Waals surface area (Å²) in [6.45, 7) is 4.96. The Morgan fingerprint density at radius 2 is 1.69 bits per heavy atom. The van der Waals surface area contributed by atoms with Gasteiger partial charge < -0.3 is 20.7 Å². The molecule has 2 rings (SSSR count). The fraction of sp³-hybridized carbons (Fsp3) is 0.364. The molecule has 0 radical (unpaired) electrons. The van der Waals surface area contributed by atoms with Gasteiger partial charge in [0.1, 0.15) is 11.8 Å². The summed E-state index contributed by atoms with van der Waals surface area (Å²) >= 11 is 0. The first-order chi connectivity index (χ1) is 13.3. The van der Waals surface area contributed by atoms with Crippen LogP contribution in [0.15, 0.2) is 54.6 Å². The number of carbonyl (C=O) groups excluding carboxylic acids is 2. The number of amides is 2. The van der Waals surface area contributed by atoms with Crippen LogP contribution >= 0.6 is 12.4 Å². The molecule has 0 saturated heterocycles. The van der Waals surface area contributed by atoms with Crippen molar-refractivity contribution in [2.75, 3.05) is 27.2 Å². The molecule has 2 amide bonds. The Hall–Kier alpha value is -2.57. The predicted molar refractivity (Wildman–Crippen MR) is 117 cm³/mol. The lowest BCUT2D eigenvalue weighted by atomic mass is 9.92. The molecule has 1 unspecified atom stereocenters. The van der Waals surface area contributed by atoms with E-state index in [0.29, 0.717) is 24.4 Å². The Morgan fingerprint density at radius 1 is 1.10 bits per heavy atom. The van der Waals surface area contributed by atoms with Gasteiger partial charge in [-0.3, -0.25) is 9.59 Å². The first kappa shape index (κ1) is 24.5. The Labute approximate surface area is 178 Å². The molecule has 0 aromatic heterocycles. The van der Waals surface area contributed by atoms with E-state index in [1.165, 1.54) is 0 Å². The number of hydrogen-bond donors (Lipinski definition) is 2. The molecule has 0 aliphatic carbocycles. The zero-order chi connectivity index (χ0) is 20.7. The number of ether oxygens (including phenoxy) is 1. The summed E-state index contributed by atoms with van der Waals surface area (Å²) in [4.78, 5) is 27.5. The van der Waals surface area contributed by atoms with Gasteiger partial charge in [-0.1, -0.05) is 44.2 Å². The summed E-state index contributed by atoms with van der Waals surface area (Å²) in [6, 6.07) is 15.2. The molecule has 3 N–H and O–H groups in total. The predicted octanol–water partition coefficient (Wildman–Crippen LogP) is 3.03. The van der Waals surface area contributed by atoms with Crippen LogP contribution in [-0.4, -0.2) is 44.0 Å². The lowest BCUT2D eigenvalue weighted by Crippen LogP contribution is -2.45. The van der Waals surface area contributed by atoms with E-state index in [1.807, 2.05) is 44.2 Å². The Kier molecular flexibility index (Phi) is 9.14. The molecule has 2 aromatic rings. The van der Waals surface area contributed by atoms with E-state index in [0.717, 1.165) is 5.56 Å². The number of likely N-dealkylation sites (N-methyl/N-ethyl adjacent to an activating group) is 1. The highest BCUT2D eigenvalue weighted by molar-refractivity contribution is 5.98. The molecule has 6 nitrogen and oxygen atoms in total. The standard InChI is InChI=1S/C22H29N3O3.ClH/c1-22(2,14-23)15-25(3)21(27)19(16-8-6-5-7-9-16)24-20(26)17-10-12-18(28-4)13-11-17;/h5-13,19H,14-15,23H2,1-4H3,(H,24,26);1H. The molecule has 0 spiro atoms. The Bertz CT molecular complexity index is 795. The van der Waals surface area contributed by atoms with Crippen molar-refractivity contribution in [1.29, 1.82) is 0 Å². The molecule has 0 saturated carbocycles. The second-order valence-corrected chi connectivity index (χ2v) is 7.61. The summed E-state index contributed by atoms with van der Waals surface area (Å²) in [5.74, 6) is 0.155. The van der Waals surface area contributed by atoms with Gasteiger partial charge in [-0.25, -0.2) is 0 Å². The number of halogens is 1. The van der Waals surface area contributed by atoms with Crippen molar-refractivity contribution in [2.45, 2.75) is 19.9 Å². The second-order valence-electron chi connectivity index (χ2n) is 7.61. The minimum Gasteiger partial charge on any atom is -0.497 e. The maximum atomic E-state index is 13.2. The van der Waals surface area contributed by atoms with Gasteiger partial charge in [0.2, 0.25) is 5.91 Å². The van der Waals surface area contributed by atoms with Crippen LogP contribution in [0.25, 0.3) is 0 Å². The average molecular weight is 420 g/mol. The zero-order valence-electron chi connectivity index (χ0n) is 17.3. The van der Waals surface area contributed by atoms with Gasteiger partial charge in [-0.15, -0.1) is 12.4 Å². The van der Waals surface area contributed by atoms with Gasteiger partial charge in [-0.05, 0) is 41.8 Å². The molecular weight excluding hydrogens is 390 g/mol. The normalized spacial score (nSPS) is 11.8. The average Bonchev–Trinajstić information content (AvgIpc) is 2.71. The lowest BCUT2D eigenvalue weighted by Gasteiger charge is -2.31. The van der Waals surface area contributed by atoms with Crippen molar-refractivity contribution in [2.24, 2.45) is 11.1 Å². The van der Waals surface area contributed by atoms with E-state index in [9.17, 15) is 9.59 Å². The van der Waals surface area contributed by atoms with Crippen LogP contribution in [-0.2, 0) is 4.79 Å². The number of rotatable bonds is 8. The highest BCUT2D eigenvalue weighted by atomic mass is 35.5. The van der Waals surface area contributed by atoms with Crippen LogP contribution in [0.2, 0.25) is 0 Å². The van der Waals surface area contributed by atoms with Crippen LogP contribution in [0.4, 0.5) is 0 Å². The third-order valence-corrected chi connectivity index (χ3v) is 4.60. The fourth-order valence-corrected chi connectivity index (χ4v) is 2.89. The fourth-order valence-electron chi connectivity index (χ4n) is 2.89. The smallest absolute Gasteiger partial charge is 0.252 e.